The minimum Gasteiger partial charge on any atom is -0.382 e. The molecule has 0 amide bonds. The summed E-state index contributed by atoms with van der Waals surface area (Å²) >= 11 is 0. The number of anilines is 1. The van der Waals surface area contributed by atoms with E-state index in [4.69, 9.17) is 11.7 Å². The van der Waals surface area contributed by atoms with E-state index in [1.54, 1.807) is 12.1 Å². The zero-order valence-corrected chi connectivity index (χ0v) is 8.12. The van der Waals surface area contributed by atoms with Crippen LogP contribution < -0.4 is 5.32 Å². The summed E-state index contributed by atoms with van der Waals surface area (Å²) < 4.78 is 0. The fourth-order valence-corrected chi connectivity index (χ4v) is 1.15. The molecule has 1 atom stereocenters. The van der Waals surface area contributed by atoms with Crippen LogP contribution in [-0.2, 0) is 0 Å². The molecule has 0 aromatic heterocycles. The molecule has 0 heterocycles. The van der Waals surface area contributed by atoms with Crippen molar-refractivity contribution in [3.05, 3.63) is 29.8 Å². The molecule has 0 saturated carbocycles. The zero-order valence-electron chi connectivity index (χ0n) is 8.12. The molecule has 2 nitrogen and oxygen atoms in total. The highest BCUT2D eigenvalue weighted by Gasteiger charge is 1.99. The molecule has 1 aromatic rings. The molecule has 0 spiro atoms. The van der Waals surface area contributed by atoms with Crippen LogP contribution in [0.2, 0.25) is 0 Å². The summed E-state index contributed by atoms with van der Waals surface area (Å²) in [4.78, 5) is 0. The summed E-state index contributed by atoms with van der Waals surface area (Å²) in [6.45, 7) is 2.03. The minimum absolute atomic E-state index is 0.257. The normalized spacial score (nSPS) is 11.1. The molecule has 0 bridgehead atoms. The fourth-order valence-electron chi connectivity index (χ4n) is 1.15. The Bertz CT molecular complexity index is 365. The van der Waals surface area contributed by atoms with Gasteiger partial charge in [0.1, 0.15) is 0 Å². The van der Waals surface area contributed by atoms with E-state index in [1.807, 2.05) is 19.1 Å². The maximum atomic E-state index is 8.60. The zero-order chi connectivity index (χ0) is 10.4. The molecule has 0 aliphatic heterocycles. The smallest absolute Gasteiger partial charge is 0.0991 e. The van der Waals surface area contributed by atoms with Gasteiger partial charge in [0.2, 0.25) is 0 Å². The van der Waals surface area contributed by atoms with Crippen molar-refractivity contribution >= 4 is 5.69 Å². The lowest BCUT2D eigenvalue weighted by Gasteiger charge is -2.11. The minimum atomic E-state index is 0.257. The van der Waals surface area contributed by atoms with Crippen LogP contribution in [0.25, 0.3) is 0 Å². The van der Waals surface area contributed by atoms with Crippen molar-refractivity contribution in [1.82, 2.24) is 0 Å². The quantitative estimate of drug-likeness (QED) is 0.732. The van der Waals surface area contributed by atoms with Gasteiger partial charge in [-0.05, 0) is 31.2 Å². The van der Waals surface area contributed by atoms with E-state index >= 15 is 0 Å². The Hall–Kier alpha value is -1.93. The Kier molecular flexibility index (Phi) is 3.58. The van der Waals surface area contributed by atoms with Gasteiger partial charge in [-0.25, -0.2) is 0 Å². The summed E-state index contributed by atoms with van der Waals surface area (Å²) in [7, 11) is 0. The first kappa shape index (κ1) is 10.2. The van der Waals surface area contributed by atoms with Crippen molar-refractivity contribution in [1.29, 1.82) is 5.26 Å². The molecule has 0 aliphatic rings. The first-order valence-electron chi connectivity index (χ1n) is 4.46. The third-order valence-corrected chi connectivity index (χ3v) is 1.85. The Balaban J connectivity index is 2.61. The van der Waals surface area contributed by atoms with Crippen LogP contribution in [0, 0.1) is 23.7 Å². The van der Waals surface area contributed by atoms with E-state index < -0.39 is 0 Å². The number of hydrogen-bond donors (Lipinski definition) is 1. The first-order valence-corrected chi connectivity index (χ1v) is 4.46. The standard InChI is InChI=1S/C12H12N2/c1-3-4-10(2)14-12-7-5-11(9-13)6-8-12/h1,5-8,10,14H,4H2,2H3. The van der Waals surface area contributed by atoms with Gasteiger partial charge in [-0.1, -0.05) is 0 Å². The summed E-state index contributed by atoms with van der Waals surface area (Å²) in [5.74, 6) is 2.60. The predicted octanol–water partition coefficient (Wildman–Crippen LogP) is 2.38. The molecule has 1 unspecified atom stereocenters. The lowest BCUT2D eigenvalue weighted by Crippen LogP contribution is -2.13. The number of rotatable bonds is 3. The second kappa shape index (κ2) is 4.94. The van der Waals surface area contributed by atoms with Gasteiger partial charge >= 0.3 is 0 Å². The average Bonchev–Trinajstić information content (AvgIpc) is 2.19. The Labute approximate surface area is 84.6 Å². The van der Waals surface area contributed by atoms with E-state index in [-0.39, 0.29) is 6.04 Å². The second-order valence-electron chi connectivity index (χ2n) is 3.14. The summed E-state index contributed by atoms with van der Waals surface area (Å²) in [6.07, 6.45) is 5.89. The fraction of sp³-hybridized carbons (Fsp3) is 0.250. The van der Waals surface area contributed by atoms with Crippen LogP contribution in [0.1, 0.15) is 18.9 Å². The second-order valence-corrected chi connectivity index (χ2v) is 3.14. The molecule has 1 rings (SSSR count). The van der Waals surface area contributed by atoms with Gasteiger partial charge in [-0.15, -0.1) is 12.3 Å². The van der Waals surface area contributed by atoms with Gasteiger partial charge in [0, 0.05) is 18.2 Å². The lowest BCUT2D eigenvalue weighted by molar-refractivity contribution is 0.829. The van der Waals surface area contributed by atoms with Crippen LogP contribution in [0.4, 0.5) is 5.69 Å². The molecule has 70 valence electrons. The molecule has 0 saturated heterocycles. The van der Waals surface area contributed by atoms with Crippen LogP contribution in [0.3, 0.4) is 0 Å². The van der Waals surface area contributed by atoms with E-state index in [9.17, 15) is 0 Å². The Morgan fingerprint density at radius 1 is 1.43 bits per heavy atom. The topological polar surface area (TPSA) is 35.8 Å². The largest absolute Gasteiger partial charge is 0.382 e. The van der Waals surface area contributed by atoms with Gasteiger partial charge in [-0.3, -0.25) is 0 Å². The van der Waals surface area contributed by atoms with Gasteiger partial charge in [0.15, 0.2) is 0 Å². The maximum absolute atomic E-state index is 8.60. The molecule has 0 fully saturated rings. The van der Waals surface area contributed by atoms with Crippen molar-refractivity contribution in [3.8, 4) is 18.4 Å². The molecule has 1 N–H and O–H groups in total. The summed E-state index contributed by atoms with van der Waals surface area (Å²) in [6, 6.07) is 9.66. The van der Waals surface area contributed by atoms with Crippen molar-refractivity contribution in [3.63, 3.8) is 0 Å². The van der Waals surface area contributed by atoms with Crippen LogP contribution in [0.5, 0.6) is 0 Å². The number of terminal acetylenes is 1. The SMILES string of the molecule is C#CCC(C)Nc1ccc(C#N)cc1. The summed E-state index contributed by atoms with van der Waals surface area (Å²) in [5, 5.41) is 11.8. The molecular formula is C12H12N2. The number of nitriles is 1. The van der Waals surface area contributed by atoms with Crippen molar-refractivity contribution in [2.45, 2.75) is 19.4 Å². The number of benzene rings is 1. The van der Waals surface area contributed by atoms with Crippen LogP contribution >= 0.6 is 0 Å². The summed E-state index contributed by atoms with van der Waals surface area (Å²) in [5.41, 5.74) is 1.66. The van der Waals surface area contributed by atoms with Crippen molar-refractivity contribution in [2.24, 2.45) is 0 Å². The van der Waals surface area contributed by atoms with Crippen LogP contribution in [-0.4, -0.2) is 6.04 Å². The van der Waals surface area contributed by atoms with Crippen LogP contribution in [0.15, 0.2) is 24.3 Å². The molecule has 0 aliphatic carbocycles. The molecule has 14 heavy (non-hydrogen) atoms. The van der Waals surface area contributed by atoms with E-state index in [0.717, 1.165) is 5.69 Å². The highest BCUT2D eigenvalue weighted by atomic mass is 14.9. The number of nitrogens with one attached hydrogen (secondary N) is 1. The van der Waals surface area contributed by atoms with Gasteiger partial charge < -0.3 is 5.32 Å². The molecule has 0 radical (unpaired) electrons. The number of nitrogens with zero attached hydrogens (tertiary/aromatic N) is 1. The Morgan fingerprint density at radius 2 is 2.07 bits per heavy atom. The third-order valence-electron chi connectivity index (χ3n) is 1.85. The predicted molar refractivity (Wildman–Crippen MR) is 57.7 cm³/mol. The van der Waals surface area contributed by atoms with Gasteiger partial charge in [0.25, 0.3) is 0 Å². The average molecular weight is 184 g/mol. The highest BCUT2D eigenvalue weighted by Crippen LogP contribution is 2.10. The van der Waals surface area contributed by atoms with E-state index in [2.05, 4.69) is 17.3 Å². The molecule has 2 heteroatoms. The first-order chi connectivity index (χ1) is 6.76. The highest BCUT2D eigenvalue weighted by molar-refractivity contribution is 5.47. The molecular weight excluding hydrogens is 172 g/mol. The molecule has 1 aromatic carbocycles. The maximum Gasteiger partial charge on any atom is 0.0991 e. The third kappa shape index (κ3) is 2.84. The van der Waals surface area contributed by atoms with E-state index in [0.29, 0.717) is 12.0 Å². The van der Waals surface area contributed by atoms with Crippen molar-refractivity contribution in [2.75, 3.05) is 5.32 Å². The lowest BCUT2D eigenvalue weighted by atomic mass is 10.2. The van der Waals surface area contributed by atoms with Crippen molar-refractivity contribution < 1.29 is 0 Å². The Morgan fingerprint density at radius 3 is 2.57 bits per heavy atom. The number of hydrogen-bond acceptors (Lipinski definition) is 2. The monoisotopic (exact) mass is 184 g/mol. The van der Waals surface area contributed by atoms with E-state index in [1.165, 1.54) is 0 Å². The van der Waals surface area contributed by atoms with Gasteiger partial charge in [0.05, 0.1) is 11.6 Å². The van der Waals surface area contributed by atoms with Gasteiger partial charge in [-0.2, -0.15) is 5.26 Å².